The lowest BCUT2D eigenvalue weighted by atomic mass is 10.3. The van der Waals surface area contributed by atoms with Crippen LogP contribution in [0, 0.1) is 0 Å². The molecule has 0 fully saturated rings. The van der Waals surface area contributed by atoms with Crippen molar-refractivity contribution in [1.29, 1.82) is 0 Å². The zero-order valence-electron chi connectivity index (χ0n) is 8.76. The van der Waals surface area contributed by atoms with E-state index >= 15 is 0 Å². The molecule has 0 bridgehead atoms. The molecule has 0 aliphatic carbocycles. The molecule has 0 aromatic carbocycles. The maximum Gasteiger partial charge on any atom is 0.389 e. The van der Waals surface area contributed by atoms with Crippen molar-refractivity contribution in [3.63, 3.8) is 0 Å². The average Bonchev–Trinajstić information content (AvgIpc) is 2.11. The van der Waals surface area contributed by atoms with Crippen LogP contribution < -0.4 is 4.72 Å². The van der Waals surface area contributed by atoms with Gasteiger partial charge in [0.25, 0.3) is 0 Å². The molecule has 0 rings (SSSR count). The predicted octanol–water partition coefficient (Wildman–Crippen LogP) is 1.02. The van der Waals surface area contributed by atoms with E-state index in [0.29, 0.717) is 12.8 Å². The number of unbranched alkanes of at least 4 members (excludes halogenated alkanes) is 1. The summed E-state index contributed by atoms with van der Waals surface area (Å²) in [5.41, 5.74) is 0. The van der Waals surface area contributed by atoms with Crippen LogP contribution >= 0.6 is 0 Å². The van der Waals surface area contributed by atoms with Crippen molar-refractivity contribution in [1.82, 2.24) is 4.72 Å². The lowest BCUT2D eigenvalue weighted by molar-refractivity contribution is -0.135. The summed E-state index contributed by atoms with van der Waals surface area (Å²) >= 11 is 0. The molecule has 0 spiro atoms. The highest BCUT2D eigenvalue weighted by Gasteiger charge is 2.26. The second kappa shape index (κ2) is 7.08. The highest BCUT2D eigenvalue weighted by Crippen LogP contribution is 2.20. The van der Waals surface area contributed by atoms with Crippen molar-refractivity contribution in [3.05, 3.63) is 0 Å². The predicted molar refractivity (Wildman–Crippen MR) is 53.4 cm³/mol. The number of nitrogens with one attached hydrogen (secondary N) is 1. The minimum atomic E-state index is -4.25. The maximum absolute atomic E-state index is 11.7. The summed E-state index contributed by atoms with van der Waals surface area (Å²) in [6, 6.07) is 0. The van der Waals surface area contributed by atoms with Crippen LogP contribution in [-0.4, -0.2) is 38.6 Å². The van der Waals surface area contributed by atoms with E-state index in [2.05, 4.69) is 4.72 Å². The van der Waals surface area contributed by atoms with Crippen molar-refractivity contribution in [2.45, 2.75) is 31.9 Å². The van der Waals surface area contributed by atoms with Gasteiger partial charge in [-0.1, -0.05) is 0 Å². The molecule has 0 unspecified atom stereocenters. The molecule has 0 heterocycles. The Hall–Kier alpha value is -0.340. The van der Waals surface area contributed by atoms with Gasteiger partial charge in [0.15, 0.2) is 0 Å². The SMILES string of the molecule is O=S(=O)(CCCCO)NCCCC(F)(F)F. The Labute approximate surface area is 92.9 Å². The van der Waals surface area contributed by atoms with E-state index in [0.717, 1.165) is 0 Å². The smallest absolute Gasteiger partial charge is 0.389 e. The van der Waals surface area contributed by atoms with Crippen LogP contribution in [-0.2, 0) is 10.0 Å². The summed E-state index contributed by atoms with van der Waals surface area (Å²) < 4.78 is 59.5. The summed E-state index contributed by atoms with van der Waals surface area (Å²) in [7, 11) is -3.50. The highest BCUT2D eigenvalue weighted by atomic mass is 32.2. The number of alkyl halides is 3. The summed E-state index contributed by atoms with van der Waals surface area (Å²) in [5, 5.41) is 8.43. The minimum Gasteiger partial charge on any atom is -0.396 e. The summed E-state index contributed by atoms with van der Waals surface area (Å²) in [6.45, 7) is -0.301. The monoisotopic (exact) mass is 263 g/mol. The molecule has 0 aliphatic rings. The highest BCUT2D eigenvalue weighted by molar-refractivity contribution is 7.89. The first kappa shape index (κ1) is 15.7. The Morgan fingerprint density at radius 2 is 1.75 bits per heavy atom. The second-order valence-corrected chi connectivity index (χ2v) is 5.29. The lowest BCUT2D eigenvalue weighted by Gasteiger charge is -2.07. The Bertz CT molecular complexity index is 277. The Morgan fingerprint density at radius 1 is 1.12 bits per heavy atom. The van der Waals surface area contributed by atoms with Crippen LogP contribution in [0.15, 0.2) is 0 Å². The van der Waals surface area contributed by atoms with Gasteiger partial charge >= 0.3 is 6.18 Å². The van der Waals surface area contributed by atoms with Crippen LogP contribution in [0.3, 0.4) is 0 Å². The molecule has 16 heavy (non-hydrogen) atoms. The zero-order valence-corrected chi connectivity index (χ0v) is 9.57. The fourth-order valence-corrected chi connectivity index (χ4v) is 2.18. The van der Waals surface area contributed by atoms with E-state index in [-0.39, 0.29) is 25.3 Å². The van der Waals surface area contributed by atoms with E-state index in [1.807, 2.05) is 0 Å². The van der Waals surface area contributed by atoms with Crippen molar-refractivity contribution >= 4 is 10.0 Å². The number of rotatable bonds is 8. The zero-order chi connectivity index (χ0) is 12.7. The van der Waals surface area contributed by atoms with Crippen LogP contribution in [0.1, 0.15) is 25.7 Å². The van der Waals surface area contributed by atoms with Gasteiger partial charge in [0.1, 0.15) is 0 Å². The van der Waals surface area contributed by atoms with Crippen LogP contribution in [0.25, 0.3) is 0 Å². The van der Waals surface area contributed by atoms with Crippen LogP contribution in [0.5, 0.6) is 0 Å². The van der Waals surface area contributed by atoms with Gasteiger partial charge in [0.05, 0.1) is 5.75 Å². The molecule has 0 amide bonds. The topological polar surface area (TPSA) is 66.4 Å². The minimum absolute atomic E-state index is 0.0937. The molecule has 0 aromatic heterocycles. The summed E-state index contributed by atoms with van der Waals surface area (Å²) in [6.07, 6.45) is -4.84. The molecule has 0 radical (unpaired) electrons. The Balaban J connectivity index is 3.67. The molecule has 98 valence electrons. The fourth-order valence-electron chi connectivity index (χ4n) is 0.993. The van der Waals surface area contributed by atoms with E-state index in [4.69, 9.17) is 5.11 Å². The van der Waals surface area contributed by atoms with Gasteiger partial charge in [-0.15, -0.1) is 0 Å². The van der Waals surface area contributed by atoms with Crippen molar-refractivity contribution in [2.75, 3.05) is 18.9 Å². The van der Waals surface area contributed by atoms with E-state index in [9.17, 15) is 21.6 Å². The first-order valence-corrected chi connectivity index (χ1v) is 6.57. The van der Waals surface area contributed by atoms with Gasteiger partial charge in [-0.2, -0.15) is 13.2 Å². The van der Waals surface area contributed by atoms with E-state index < -0.39 is 22.6 Å². The maximum atomic E-state index is 11.7. The normalized spacial score (nSPS) is 13.0. The number of halogens is 3. The molecule has 8 heteroatoms. The van der Waals surface area contributed by atoms with Crippen molar-refractivity contribution in [3.8, 4) is 0 Å². The number of sulfonamides is 1. The van der Waals surface area contributed by atoms with Crippen molar-refractivity contribution < 1.29 is 26.7 Å². The molecule has 0 atom stereocenters. The van der Waals surface area contributed by atoms with Gasteiger partial charge in [-0.25, -0.2) is 13.1 Å². The first-order chi connectivity index (χ1) is 7.27. The number of aliphatic hydroxyl groups is 1. The standard InChI is InChI=1S/C8H16F3NO3S/c9-8(10,11)4-3-5-12-16(14,15)7-2-1-6-13/h12-13H,1-7H2. The third-order valence-electron chi connectivity index (χ3n) is 1.78. The van der Waals surface area contributed by atoms with Gasteiger partial charge < -0.3 is 5.11 Å². The molecule has 2 N–H and O–H groups in total. The second-order valence-electron chi connectivity index (χ2n) is 3.36. The lowest BCUT2D eigenvalue weighted by Crippen LogP contribution is -2.28. The summed E-state index contributed by atoms with van der Waals surface area (Å²) in [4.78, 5) is 0. The van der Waals surface area contributed by atoms with Crippen LogP contribution in [0.2, 0.25) is 0 Å². The Kier molecular flexibility index (Phi) is 6.93. The Morgan fingerprint density at radius 3 is 2.25 bits per heavy atom. The molecule has 0 saturated carbocycles. The third kappa shape index (κ3) is 10.2. The quantitative estimate of drug-likeness (QED) is 0.643. The third-order valence-corrected chi connectivity index (χ3v) is 3.25. The molecular weight excluding hydrogens is 247 g/mol. The van der Waals surface area contributed by atoms with E-state index in [1.165, 1.54) is 0 Å². The van der Waals surface area contributed by atoms with Gasteiger partial charge in [-0.3, -0.25) is 0 Å². The molecular formula is C8H16F3NO3S. The molecule has 0 saturated heterocycles. The first-order valence-electron chi connectivity index (χ1n) is 4.92. The van der Waals surface area contributed by atoms with E-state index in [1.54, 1.807) is 0 Å². The molecule has 0 aliphatic heterocycles. The molecule has 4 nitrogen and oxygen atoms in total. The number of hydrogen-bond donors (Lipinski definition) is 2. The largest absolute Gasteiger partial charge is 0.396 e. The van der Waals surface area contributed by atoms with Crippen LogP contribution in [0.4, 0.5) is 13.2 Å². The van der Waals surface area contributed by atoms with Gasteiger partial charge in [0.2, 0.25) is 10.0 Å². The van der Waals surface area contributed by atoms with Gasteiger partial charge in [0, 0.05) is 19.6 Å². The van der Waals surface area contributed by atoms with Gasteiger partial charge in [-0.05, 0) is 19.3 Å². The van der Waals surface area contributed by atoms with Crippen molar-refractivity contribution in [2.24, 2.45) is 0 Å². The number of aliphatic hydroxyl groups excluding tert-OH is 1. The fraction of sp³-hybridized carbons (Fsp3) is 1.00. The number of hydrogen-bond acceptors (Lipinski definition) is 3. The molecule has 0 aromatic rings. The average molecular weight is 263 g/mol. The summed E-state index contributed by atoms with van der Waals surface area (Å²) in [5.74, 6) is -0.167.